The molecular weight excluding hydrogens is 349 g/mol. The highest BCUT2D eigenvalue weighted by Gasteiger charge is 2.54. The number of halogens is 3. The summed E-state index contributed by atoms with van der Waals surface area (Å²) in [4.78, 5) is 26.0. The summed E-state index contributed by atoms with van der Waals surface area (Å²) >= 11 is 0. The molecule has 2 amide bonds. The van der Waals surface area contributed by atoms with Crippen molar-refractivity contribution in [3.05, 3.63) is 65.5 Å². The summed E-state index contributed by atoms with van der Waals surface area (Å²) in [5.41, 5.74) is 0.614. The van der Waals surface area contributed by atoms with Crippen LogP contribution in [0.3, 0.4) is 0 Å². The first-order chi connectivity index (χ1) is 12.5. The molecular formula is C17H11F3N4O2. The van der Waals surface area contributed by atoms with E-state index in [0.717, 1.165) is 23.1 Å². The molecule has 2 aromatic carbocycles. The third-order valence-electron chi connectivity index (χ3n) is 4.28. The van der Waals surface area contributed by atoms with Crippen LogP contribution >= 0.6 is 0 Å². The average molecular weight is 360 g/mol. The van der Waals surface area contributed by atoms with Gasteiger partial charge in [-0.3, -0.25) is 14.6 Å². The summed E-state index contributed by atoms with van der Waals surface area (Å²) in [6.45, 7) is 0.148. The minimum absolute atomic E-state index is 0.0646. The molecule has 0 saturated carbocycles. The first kappa shape index (κ1) is 16.2. The SMILES string of the molecule is O=C1[C@H]2N=NN(Cc3ccc(F)cc3)[C@H]2C(=O)N1c1ccc(F)c(F)c1. The van der Waals surface area contributed by atoms with E-state index in [0.29, 0.717) is 5.56 Å². The lowest BCUT2D eigenvalue weighted by Crippen LogP contribution is -2.39. The lowest BCUT2D eigenvalue weighted by atomic mass is 10.1. The molecule has 132 valence electrons. The average Bonchev–Trinajstić information content (AvgIpc) is 3.13. The molecule has 26 heavy (non-hydrogen) atoms. The van der Waals surface area contributed by atoms with Gasteiger partial charge in [-0.1, -0.05) is 17.4 Å². The number of benzene rings is 2. The summed E-state index contributed by atoms with van der Waals surface area (Å²) in [5, 5.41) is 9.03. The number of amides is 2. The Morgan fingerprint density at radius 2 is 1.65 bits per heavy atom. The molecule has 0 unspecified atom stereocenters. The Morgan fingerprint density at radius 3 is 2.35 bits per heavy atom. The van der Waals surface area contributed by atoms with E-state index in [1.165, 1.54) is 29.3 Å². The Bertz CT molecular complexity index is 932. The second kappa shape index (κ2) is 5.94. The number of hydrogen-bond acceptors (Lipinski definition) is 5. The molecule has 2 aromatic rings. The van der Waals surface area contributed by atoms with E-state index < -0.39 is 41.3 Å². The largest absolute Gasteiger partial charge is 0.271 e. The molecule has 0 bridgehead atoms. The molecule has 1 fully saturated rings. The van der Waals surface area contributed by atoms with Gasteiger partial charge in [-0.25, -0.2) is 18.1 Å². The molecule has 1 saturated heterocycles. The van der Waals surface area contributed by atoms with Crippen LogP contribution in [0.2, 0.25) is 0 Å². The van der Waals surface area contributed by atoms with E-state index in [2.05, 4.69) is 10.3 Å². The number of carbonyl (C=O) groups is 2. The third-order valence-corrected chi connectivity index (χ3v) is 4.28. The highest BCUT2D eigenvalue weighted by atomic mass is 19.2. The number of imide groups is 1. The second-order valence-corrected chi connectivity index (χ2v) is 5.93. The number of rotatable bonds is 3. The Hall–Kier alpha value is -3.23. The number of nitrogens with zero attached hydrogens (tertiary/aromatic N) is 4. The first-order valence-corrected chi connectivity index (χ1v) is 7.70. The van der Waals surface area contributed by atoms with Crippen molar-refractivity contribution in [3.8, 4) is 0 Å². The minimum Gasteiger partial charge on any atom is -0.271 e. The smallest absolute Gasteiger partial charge is 0.263 e. The molecule has 6 nitrogen and oxygen atoms in total. The van der Waals surface area contributed by atoms with Crippen LogP contribution in [0.25, 0.3) is 0 Å². The van der Waals surface area contributed by atoms with Gasteiger partial charge in [0.25, 0.3) is 11.8 Å². The van der Waals surface area contributed by atoms with Gasteiger partial charge in [-0.05, 0) is 29.8 Å². The number of carbonyl (C=O) groups excluding carboxylic acids is 2. The fraction of sp³-hybridized carbons (Fsp3) is 0.176. The maximum atomic E-state index is 13.5. The van der Waals surface area contributed by atoms with E-state index >= 15 is 0 Å². The molecule has 2 aliphatic rings. The predicted octanol–water partition coefficient (Wildman–Crippen LogP) is 2.60. The van der Waals surface area contributed by atoms with Crippen molar-refractivity contribution in [1.82, 2.24) is 5.01 Å². The van der Waals surface area contributed by atoms with Crippen LogP contribution in [0, 0.1) is 17.5 Å². The lowest BCUT2D eigenvalue weighted by Gasteiger charge is -2.20. The van der Waals surface area contributed by atoms with Gasteiger partial charge in [-0.2, -0.15) is 5.11 Å². The molecule has 0 radical (unpaired) electrons. The highest BCUT2D eigenvalue weighted by molar-refractivity contribution is 6.25. The van der Waals surface area contributed by atoms with Crippen LogP contribution in [0.1, 0.15) is 5.56 Å². The summed E-state index contributed by atoms with van der Waals surface area (Å²) < 4.78 is 39.6. The molecule has 0 N–H and O–H groups in total. The van der Waals surface area contributed by atoms with Crippen LogP contribution < -0.4 is 4.90 Å². The Kier molecular flexibility index (Phi) is 3.71. The molecule has 2 heterocycles. The van der Waals surface area contributed by atoms with Gasteiger partial charge >= 0.3 is 0 Å². The quantitative estimate of drug-likeness (QED) is 0.791. The summed E-state index contributed by atoms with van der Waals surface area (Å²) in [5.74, 6) is -3.92. The zero-order valence-electron chi connectivity index (χ0n) is 13.1. The lowest BCUT2D eigenvalue weighted by molar-refractivity contribution is -0.123. The van der Waals surface area contributed by atoms with Crippen LogP contribution in [0.15, 0.2) is 52.8 Å². The van der Waals surface area contributed by atoms with Crippen LogP contribution in [0.5, 0.6) is 0 Å². The van der Waals surface area contributed by atoms with Crippen molar-refractivity contribution in [2.24, 2.45) is 10.3 Å². The van der Waals surface area contributed by atoms with Gasteiger partial charge in [-0.15, -0.1) is 0 Å². The standard InChI is InChI=1S/C17H11F3N4O2/c18-10-3-1-9(2-4-10)8-23-15-14(21-22-23)16(25)24(17(15)26)11-5-6-12(19)13(20)7-11/h1-7,14-15H,8H2/t14-,15+/m0/s1. The van der Waals surface area contributed by atoms with Crippen molar-refractivity contribution < 1.29 is 22.8 Å². The molecule has 0 aromatic heterocycles. The van der Waals surface area contributed by atoms with Crippen molar-refractivity contribution in [3.63, 3.8) is 0 Å². The Morgan fingerprint density at radius 1 is 0.923 bits per heavy atom. The zero-order valence-corrected chi connectivity index (χ0v) is 13.1. The Labute approximate surface area is 145 Å². The Balaban J connectivity index is 1.60. The molecule has 4 rings (SSSR count). The van der Waals surface area contributed by atoms with E-state index in [9.17, 15) is 22.8 Å². The normalized spacial score (nSPS) is 21.7. The van der Waals surface area contributed by atoms with Crippen molar-refractivity contribution in [1.29, 1.82) is 0 Å². The molecule has 0 spiro atoms. The van der Waals surface area contributed by atoms with Crippen molar-refractivity contribution in [2.45, 2.75) is 18.6 Å². The van der Waals surface area contributed by atoms with Crippen molar-refractivity contribution >= 4 is 17.5 Å². The van der Waals surface area contributed by atoms with Crippen LogP contribution in [0.4, 0.5) is 18.9 Å². The van der Waals surface area contributed by atoms with Gasteiger partial charge in [0.1, 0.15) is 5.82 Å². The number of anilines is 1. The van der Waals surface area contributed by atoms with Gasteiger partial charge in [0.2, 0.25) is 0 Å². The van der Waals surface area contributed by atoms with Gasteiger partial charge in [0.15, 0.2) is 23.7 Å². The minimum atomic E-state index is -1.16. The summed E-state index contributed by atoms with van der Waals surface area (Å²) in [7, 11) is 0. The molecule has 0 aliphatic carbocycles. The zero-order chi connectivity index (χ0) is 18.4. The fourth-order valence-corrected chi connectivity index (χ4v) is 3.01. The molecule has 2 aliphatic heterocycles. The maximum absolute atomic E-state index is 13.5. The van der Waals surface area contributed by atoms with Crippen LogP contribution in [-0.4, -0.2) is 28.9 Å². The summed E-state index contributed by atoms with van der Waals surface area (Å²) in [6, 6.07) is 6.38. The van der Waals surface area contributed by atoms with Gasteiger partial charge in [0, 0.05) is 6.07 Å². The summed E-state index contributed by atoms with van der Waals surface area (Å²) in [6.07, 6.45) is 0. The second-order valence-electron chi connectivity index (χ2n) is 5.93. The molecule has 2 atom stereocenters. The molecule has 9 heteroatoms. The third kappa shape index (κ3) is 2.52. The van der Waals surface area contributed by atoms with E-state index in [1.54, 1.807) is 0 Å². The topological polar surface area (TPSA) is 65.3 Å². The monoisotopic (exact) mass is 360 g/mol. The highest BCUT2D eigenvalue weighted by Crippen LogP contribution is 2.33. The van der Waals surface area contributed by atoms with Gasteiger partial charge < -0.3 is 0 Å². The van der Waals surface area contributed by atoms with Gasteiger partial charge in [0.05, 0.1) is 12.2 Å². The van der Waals surface area contributed by atoms with E-state index in [4.69, 9.17) is 0 Å². The number of hydrogen-bond donors (Lipinski definition) is 0. The maximum Gasteiger partial charge on any atom is 0.263 e. The predicted molar refractivity (Wildman–Crippen MR) is 83.2 cm³/mol. The fourth-order valence-electron chi connectivity index (χ4n) is 3.01. The van der Waals surface area contributed by atoms with E-state index in [1.807, 2.05) is 0 Å². The number of fused-ring (bicyclic) bond motifs is 1. The van der Waals surface area contributed by atoms with E-state index in [-0.39, 0.29) is 12.2 Å². The van der Waals surface area contributed by atoms with Crippen LogP contribution in [-0.2, 0) is 16.1 Å². The van der Waals surface area contributed by atoms with Crippen molar-refractivity contribution in [2.75, 3.05) is 4.90 Å². The first-order valence-electron chi connectivity index (χ1n) is 7.70.